The lowest BCUT2D eigenvalue weighted by molar-refractivity contribution is -0.138. The molecule has 2 atom stereocenters. The fourth-order valence-corrected chi connectivity index (χ4v) is 2.72. The second-order valence-electron chi connectivity index (χ2n) is 5.82. The predicted octanol–water partition coefficient (Wildman–Crippen LogP) is 1.77. The van der Waals surface area contributed by atoms with Gasteiger partial charge in [-0.05, 0) is 29.8 Å². The van der Waals surface area contributed by atoms with Crippen molar-refractivity contribution in [3.63, 3.8) is 0 Å². The molecule has 8 heteroatoms. The first-order chi connectivity index (χ1) is 12.5. The lowest BCUT2D eigenvalue weighted by Crippen LogP contribution is -2.49. The molecule has 136 valence electrons. The van der Waals surface area contributed by atoms with Crippen molar-refractivity contribution in [2.75, 3.05) is 18.5 Å². The van der Waals surface area contributed by atoms with Crippen LogP contribution >= 0.6 is 0 Å². The zero-order valence-corrected chi connectivity index (χ0v) is 13.5. The third-order valence-electron chi connectivity index (χ3n) is 3.92. The second kappa shape index (κ2) is 7.59. The summed E-state index contributed by atoms with van der Waals surface area (Å²) in [5.41, 5.74) is 0.993. The molecule has 2 aromatic rings. The monoisotopic (exact) mass is 362 g/mol. The molecule has 1 aliphatic heterocycles. The zero-order valence-electron chi connectivity index (χ0n) is 13.5. The zero-order chi connectivity index (χ0) is 18.7. The average Bonchev–Trinajstić information content (AvgIpc) is 2.61. The Morgan fingerprint density at radius 1 is 1.19 bits per heavy atom. The molecule has 0 aliphatic carbocycles. The molecule has 6 nitrogen and oxygen atoms in total. The standard InChI is InChI=1S/C18H16F2N2O4/c19-12-5-11(6-13(20)7-12)18(25)21-14-3-1-10(2-4-14)17-15(8-23)22-16(24)9-26-17/h1-7,15,17,23H,8-9H2,(H,21,25)(H,22,24)/t15-,17-/m1/s1. The number of benzene rings is 2. The minimum Gasteiger partial charge on any atom is -0.394 e. The van der Waals surface area contributed by atoms with E-state index < -0.39 is 29.7 Å². The quantitative estimate of drug-likeness (QED) is 0.774. The largest absolute Gasteiger partial charge is 0.394 e. The summed E-state index contributed by atoms with van der Waals surface area (Å²) >= 11 is 0. The fourth-order valence-electron chi connectivity index (χ4n) is 2.72. The maximum Gasteiger partial charge on any atom is 0.255 e. The van der Waals surface area contributed by atoms with Crippen molar-refractivity contribution in [3.8, 4) is 0 Å². The molecule has 1 saturated heterocycles. The molecule has 0 bridgehead atoms. The number of hydrogen-bond donors (Lipinski definition) is 3. The van der Waals surface area contributed by atoms with E-state index in [4.69, 9.17) is 4.74 Å². The Balaban J connectivity index is 1.71. The Bertz CT molecular complexity index is 806. The number of halogens is 2. The molecule has 0 radical (unpaired) electrons. The number of carbonyl (C=O) groups is 2. The molecule has 2 amide bonds. The summed E-state index contributed by atoms with van der Waals surface area (Å²) in [6, 6.07) is 8.54. The van der Waals surface area contributed by atoms with Crippen LogP contribution in [0, 0.1) is 11.6 Å². The van der Waals surface area contributed by atoms with Crippen LogP contribution in [0.4, 0.5) is 14.5 Å². The summed E-state index contributed by atoms with van der Waals surface area (Å²) in [5.74, 6) is -2.62. The highest BCUT2D eigenvalue weighted by Crippen LogP contribution is 2.25. The van der Waals surface area contributed by atoms with Gasteiger partial charge in [-0.2, -0.15) is 0 Å². The molecular weight excluding hydrogens is 346 g/mol. The Morgan fingerprint density at radius 2 is 1.85 bits per heavy atom. The third kappa shape index (κ3) is 4.04. The van der Waals surface area contributed by atoms with Gasteiger partial charge < -0.3 is 20.5 Å². The number of aliphatic hydroxyl groups excluding tert-OH is 1. The van der Waals surface area contributed by atoms with Gasteiger partial charge in [0.2, 0.25) is 5.91 Å². The smallest absolute Gasteiger partial charge is 0.255 e. The number of ether oxygens (including phenoxy) is 1. The molecule has 26 heavy (non-hydrogen) atoms. The van der Waals surface area contributed by atoms with Crippen molar-refractivity contribution in [1.82, 2.24) is 5.32 Å². The first-order valence-corrected chi connectivity index (χ1v) is 7.85. The van der Waals surface area contributed by atoms with E-state index in [1.807, 2.05) is 0 Å². The van der Waals surface area contributed by atoms with E-state index in [0.29, 0.717) is 17.3 Å². The van der Waals surface area contributed by atoms with Crippen molar-refractivity contribution in [2.45, 2.75) is 12.1 Å². The summed E-state index contributed by atoms with van der Waals surface area (Å²) < 4.78 is 31.9. The Hall–Kier alpha value is -2.84. The van der Waals surface area contributed by atoms with Crippen molar-refractivity contribution < 1.29 is 28.2 Å². The van der Waals surface area contributed by atoms with Gasteiger partial charge in [0.1, 0.15) is 24.3 Å². The molecule has 0 aromatic heterocycles. The average molecular weight is 362 g/mol. The van der Waals surface area contributed by atoms with Crippen molar-refractivity contribution in [1.29, 1.82) is 0 Å². The van der Waals surface area contributed by atoms with Crippen LogP contribution in [0.25, 0.3) is 0 Å². The lowest BCUT2D eigenvalue weighted by atomic mass is 10.0. The normalized spacial score (nSPS) is 19.7. The van der Waals surface area contributed by atoms with Gasteiger partial charge >= 0.3 is 0 Å². The molecular formula is C18H16F2N2O4. The highest BCUT2D eigenvalue weighted by atomic mass is 19.1. The Morgan fingerprint density at radius 3 is 2.46 bits per heavy atom. The molecule has 1 aliphatic rings. The van der Waals surface area contributed by atoms with Crippen LogP contribution in [-0.4, -0.2) is 36.2 Å². The summed E-state index contributed by atoms with van der Waals surface area (Å²) in [6.07, 6.45) is -0.514. The number of hydrogen-bond acceptors (Lipinski definition) is 4. The molecule has 3 N–H and O–H groups in total. The van der Waals surface area contributed by atoms with E-state index in [1.165, 1.54) is 0 Å². The molecule has 2 aromatic carbocycles. The third-order valence-corrected chi connectivity index (χ3v) is 3.92. The number of aliphatic hydroxyl groups is 1. The van der Waals surface area contributed by atoms with Gasteiger partial charge in [0, 0.05) is 17.3 Å². The van der Waals surface area contributed by atoms with Gasteiger partial charge in [-0.3, -0.25) is 9.59 Å². The minimum absolute atomic E-state index is 0.106. The van der Waals surface area contributed by atoms with Gasteiger partial charge in [-0.1, -0.05) is 12.1 Å². The summed E-state index contributed by atoms with van der Waals surface area (Å²) in [7, 11) is 0. The summed E-state index contributed by atoms with van der Waals surface area (Å²) in [4.78, 5) is 23.4. The van der Waals surface area contributed by atoms with Crippen molar-refractivity contribution in [3.05, 3.63) is 65.2 Å². The maximum atomic E-state index is 13.2. The van der Waals surface area contributed by atoms with Crippen LogP contribution in [0.1, 0.15) is 22.0 Å². The van der Waals surface area contributed by atoms with Crippen LogP contribution in [0.3, 0.4) is 0 Å². The first-order valence-electron chi connectivity index (χ1n) is 7.85. The summed E-state index contributed by atoms with van der Waals surface area (Å²) in [6.45, 7) is -0.384. The van der Waals surface area contributed by atoms with Gasteiger partial charge in [0.15, 0.2) is 0 Å². The SMILES string of the molecule is O=C1CO[C@H](c2ccc(NC(=O)c3cc(F)cc(F)c3)cc2)[C@@H](CO)N1. The Kier molecular flexibility index (Phi) is 5.24. The van der Waals surface area contributed by atoms with E-state index in [2.05, 4.69) is 10.6 Å². The highest BCUT2D eigenvalue weighted by Gasteiger charge is 2.30. The Labute approximate surface area is 147 Å². The second-order valence-corrected chi connectivity index (χ2v) is 5.82. The number of amides is 2. The number of morpholine rings is 1. The van der Waals surface area contributed by atoms with Gasteiger partial charge in [-0.25, -0.2) is 8.78 Å². The van der Waals surface area contributed by atoms with Gasteiger partial charge in [0.05, 0.1) is 12.6 Å². The van der Waals surface area contributed by atoms with E-state index in [1.54, 1.807) is 24.3 Å². The number of anilines is 1. The topological polar surface area (TPSA) is 87.7 Å². The van der Waals surface area contributed by atoms with Gasteiger partial charge in [-0.15, -0.1) is 0 Å². The number of nitrogens with one attached hydrogen (secondary N) is 2. The number of rotatable bonds is 4. The van der Waals surface area contributed by atoms with Crippen LogP contribution < -0.4 is 10.6 Å². The molecule has 3 rings (SSSR count). The van der Waals surface area contributed by atoms with E-state index in [9.17, 15) is 23.5 Å². The fraction of sp³-hybridized carbons (Fsp3) is 0.222. The van der Waals surface area contributed by atoms with Crippen LogP contribution in [0.5, 0.6) is 0 Å². The van der Waals surface area contributed by atoms with E-state index in [-0.39, 0.29) is 24.7 Å². The van der Waals surface area contributed by atoms with Crippen LogP contribution in [0.15, 0.2) is 42.5 Å². The van der Waals surface area contributed by atoms with Crippen LogP contribution in [0.2, 0.25) is 0 Å². The van der Waals surface area contributed by atoms with Crippen molar-refractivity contribution in [2.24, 2.45) is 0 Å². The molecule has 1 fully saturated rings. The van der Waals surface area contributed by atoms with E-state index >= 15 is 0 Å². The predicted molar refractivity (Wildman–Crippen MR) is 88.5 cm³/mol. The van der Waals surface area contributed by atoms with E-state index in [0.717, 1.165) is 12.1 Å². The lowest BCUT2D eigenvalue weighted by Gasteiger charge is -2.31. The van der Waals surface area contributed by atoms with Gasteiger partial charge in [0.25, 0.3) is 5.91 Å². The molecule has 0 saturated carbocycles. The number of carbonyl (C=O) groups excluding carboxylic acids is 2. The molecule has 0 unspecified atom stereocenters. The molecule has 0 spiro atoms. The minimum atomic E-state index is -0.836. The first kappa shape index (κ1) is 18.0. The van der Waals surface area contributed by atoms with Crippen molar-refractivity contribution >= 4 is 17.5 Å². The summed E-state index contributed by atoms with van der Waals surface area (Å²) in [5, 5.41) is 14.6. The van der Waals surface area contributed by atoms with Crippen LogP contribution in [-0.2, 0) is 9.53 Å². The highest BCUT2D eigenvalue weighted by molar-refractivity contribution is 6.04. The molecule has 1 heterocycles. The maximum absolute atomic E-state index is 13.2.